The molecule has 3 unspecified atom stereocenters. The lowest BCUT2D eigenvalue weighted by molar-refractivity contribution is -0.137. The largest absolute Gasteiger partial charge is 0.481 e. The van der Waals surface area contributed by atoms with Crippen molar-refractivity contribution in [3.05, 3.63) is 0 Å². The zero-order valence-corrected chi connectivity index (χ0v) is 12.7. The van der Waals surface area contributed by atoms with Crippen molar-refractivity contribution in [2.45, 2.75) is 58.4 Å². The number of piperidine rings is 1. The molecule has 1 aliphatic rings. The van der Waals surface area contributed by atoms with Gasteiger partial charge in [-0.2, -0.15) is 0 Å². The SMILES string of the molecule is CCC1CCNC(C(=O)NCCC(C)CCC(=O)O)C1. The first kappa shape index (κ1) is 17.0. The Morgan fingerprint density at radius 2 is 2.15 bits per heavy atom. The summed E-state index contributed by atoms with van der Waals surface area (Å²) >= 11 is 0. The first-order valence-corrected chi connectivity index (χ1v) is 7.75. The summed E-state index contributed by atoms with van der Waals surface area (Å²) in [6.45, 7) is 5.76. The second-order valence-electron chi connectivity index (χ2n) is 5.92. The van der Waals surface area contributed by atoms with Crippen molar-refractivity contribution in [3.8, 4) is 0 Å². The third-order valence-corrected chi connectivity index (χ3v) is 4.19. The number of carbonyl (C=O) groups is 2. The molecule has 1 amide bonds. The maximum absolute atomic E-state index is 12.0. The number of rotatable bonds is 8. The number of nitrogens with one attached hydrogen (secondary N) is 2. The Labute approximate surface area is 121 Å². The highest BCUT2D eigenvalue weighted by molar-refractivity contribution is 5.81. The maximum atomic E-state index is 12.0. The Morgan fingerprint density at radius 3 is 2.80 bits per heavy atom. The lowest BCUT2D eigenvalue weighted by Gasteiger charge is -2.29. The monoisotopic (exact) mass is 284 g/mol. The minimum Gasteiger partial charge on any atom is -0.481 e. The van der Waals surface area contributed by atoms with Crippen LogP contribution in [0.1, 0.15) is 52.4 Å². The molecule has 3 atom stereocenters. The molecule has 1 saturated heterocycles. The van der Waals surface area contributed by atoms with Crippen molar-refractivity contribution in [3.63, 3.8) is 0 Å². The summed E-state index contributed by atoms with van der Waals surface area (Å²) in [5, 5.41) is 14.9. The van der Waals surface area contributed by atoms with Gasteiger partial charge in [-0.05, 0) is 44.1 Å². The summed E-state index contributed by atoms with van der Waals surface area (Å²) in [6.07, 6.45) is 4.94. The lowest BCUT2D eigenvalue weighted by Crippen LogP contribution is -2.49. The first-order valence-electron chi connectivity index (χ1n) is 7.75. The van der Waals surface area contributed by atoms with Crippen molar-refractivity contribution in [1.29, 1.82) is 0 Å². The van der Waals surface area contributed by atoms with Gasteiger partial charge in [0.2, 0.25) is 5.91 Å². The third kappa shape index (κ3) is 6.37. The van der Waals surface area contributed by atoms with Crippen LogP contribution in [0.2, 0.25) is 0 Å². The molecule has 0 spiro atoms. The van der Waals surface area contributed by atoms with Crippen LogP contribution in [0, 0.1) is 11.8 Å². The van der Waals surface area contributed by atoms with Crippen molar-refractivity contribution in [1.82, 2.24) is 10.6 Å². The second-order valence-corrected chi connectivity index (χ2v) is 5.92. The molecule has 1 rings (SSSR count). The number of carboxylic acid groups (broad SMARTS) is 1. The summed E-state index contributed by atoms with van der Waals surface area (Å²) in [5.74, 6) is 0.321. The highest BCUT2D eigenvalue weighted by atomic mass is 16.4. The van der Waals surface area contributed by atoms with E-state index in [1.54, 1.807) is 0 Å². The van der Waals surface area contributed by atoms with Gasteiger partial charge in [-0.25, -0.2) is 0 Å². The molecule has 3 N–H and O–H groups in total. The molecule has 5 nitrogen and oxygen atoms in total. The average molecular weight is 284 g/mol. The van der Waals surface area contributed by atoms with Gasteiger partial charge in [0.05, 0.1) is 6.04 Å². The standard InChI is InChI=1S/C15H28N2O3/c1-3-12-7-9-16-13(10-12)15(20)17-8-6-11(2)4-5-14(18)19/h11-13,16H,3-10H2,1-2H3,(H,17,20)(H,18,19). The molecule has 0 radical (unpaired) electrons. The highest BCUT2D eigenvalue weighted by Crippen LogP contribution is 2.19. The average Bonchev–Trinajstić information content (AvgIpc) is 2.45. The molecule has 1 aliphatic heterocycles. The van der Waals surface area contributed by atoms with Crippen LogP contribution in [0.25, 0.3) is 0 Å². The zero-order valence-electron chi connectivity index (χ0n) is 12.7. The van der Waals surface area contributed by atoms with Crippen molar-refractivity contribution in [2.24, 2.45) is 11.8 Å². The molecule has 0 aromatic heterocycles. The predicted octanol–water partition coefficient (Wildman–Crippen LogP) is 1.77. The molecular weight excluding hydrogens is 256 g/mol. The summed E-state index contributed by atoms with van der Waals surface area (Å²) in [4.78, 5) is 22.5. The molecule has 20 heavy (non-hydrogen) atoms. The fourth-order valence-electron chi connectivity index (χ4n) is 2.65. The number of carbonyl (C=O) groups excluding carboxylic acids is 1. The Balaban J connectivity index is 2.17. The van der Waals surface area contributed by atoms with Gasteiger partial charge in [0.1, 0.15) is 0 Å². The molecule has 116 valence electrons. The highest BCUT2D eigenvalue weighted by Gasteiger charge is 2.25. The molecule has 0 bridgehead atoms. The molecule has 5 heteroatoms. The number of hydrogen-bond donors (Lipinski definition) is 3. The van der Waals surface area contributed by atoms with E-state index in [9.17, 15) is 9.59 Å². The van der Waals surface area contributed by atoms with Crippen LogP contribution >= 0.6 is 0 Å². The zero-order chi connectivity index (χ0) is 15.0. The molecular formula is C15H28N2O3. The van der Waals surface area contributed by atoms with E-state index < -0.39 is 5.97 Å². The number of hydrogen-bond acceptors (Lipinski definition) is 3. The van der Waals surface area contributed by atoms with Gasteiger partial charge in [0, 0.05) is 13.0 Å². The molecule has 0 aliphatic carbocycles. The van der Waals surface area contributed by atoms with Crippen molar-refractivity contribution >= 4 is 11.9 Å². The van der Waals surface area contributed by atoms with Crippen molar-refractivity contribution in [2.75, 3.05) is 13.1 Å². The van der Waals surface area contributed by atoms with Crippen LogP contribution in [-0.2, 0) is 9.59 Å². The van der Waals surface area contributed by atoms with Gasteiger partial charge in [0.25, 0.3) is 0 Å². The van der Waals surface area contributed by atoms with Crippen LogP contribution in [0.15, 0.2) is 0 Å². The van der Waals surface area contributed by atoms with E-state index in [0.717, 1.165) is 32.2 Å². The Kier molecular flexibility index (Phi) is 7.59. The van der Waals surface area contributed by atoms with E-state index >= 15 is 0 Å². The Morgan fingerprint density at radius 1 is 1.40 bits per heavy atom. The number of amides is 1. The maximum Gasteiger partial charge on any atom is 0.303 e. The lowest BCUT2D eigenvalue weighted by atomic mass is 9.90. The van der Waals surface area contributed by atoms with Crippen LogP contribution in [0.5, 0.6) is 0 Å². The van der Waals surface area contributed by atoms with E-state index in [1.807, 2.05) is 6.92 Å². The third-order valence-electron chi connectivity index (χ3n) is 4.19. The topological polar surface area (TPSA) is 78.4 Å². The molecule has 1 fully saturated rings. The van der Waals surface area contributed by atoms with E-state index in [2.05, 4.69) is 17.6 Å². The molecule has 0 aromatic rings. The van der Waals surface area contributed by atoms with E-state index in [-0.39, 0.29) is 18.4 Å². The van der Waals surface area contributed by atoms with Crippen LogP contribution < -0.4 is 10.6 Å². The second kappa shape index (κ2) is 8.95. The van der Waals surface area contributed by atoms with Crippen LogP contribution in [0.3, 0.4) is 0 Å². The van der Waals surface area contributed by atoms with Gasteiger partial charge in [-0.3, -0.25) is 9.59 Å². The fraction of sp³-hybridized carbons (Fsp3) is 0.867. The summed E-state index contributed by atoms with van der Waals surface area (Å²) in [5.41, 5.74) is 0. The van der Waals surface area contributed by atoms with Gasteiger partial charge in [-0.1, -0.05) is 20.3 Å². The summed E-state index contributed by atoms with van der Waals surface area (Å²) < 4.78 is 0. The molecule has 0 saturated carbocycles. The molecule has 1 heterocycles. The molecule has 0 aromatic carbocycles. The van der Waals surface area contributed by atoms with Crippen LogP contribution in [0.4, 0.5) is 0 Å². The quantitative estimate of drug-likeness (QED) is 0.635. The first-order chi connectivity index (χ1) is 9.52. The van der Waals surface area contributed by atoms with Gasteiger partial charge in [-0.15, -0.1) is 0 Å². The summed E-state index contributed by atoms with van der Waals surface area (Å²) in [6, 6.07) is -0.0528. The number of carboxylic acids is 1. The predicted molar refractivity (Wildman–Crippen MR) is 78.5 cm³/mol. The fourth-order valence-corrected chi connectivity index (χ4v) is 2.65. The van der Waals surface area contributed by atoms with E-state index in [4.69, 9.17) is 5.11 Å². The minimum atomic E-state index is -0.752. The van der Waals surface area contributed by atoms with Gasteiger partial charge in [0.15, 0.2) is 0 Å². The minimum absolute atomic E-state index is 0.0528. The van der Waals surface area contributed by atoms with Gasteiger partial charge < -0.3 is 15.7 Å². The summed E-state index contributed by atoms with van der Waals surface area (Å²) in [7, 11) is 0. The smallest absolute Gasteiger partial charge is 0.303 e. The van der Waals surface area contributed by atoms with Crippen LogP contribution in [-0.4, -0.2) is 36.1 Å². The number of aliphatic carboxylic acids is 1. The Bertz CT molecular complexity index is 320. The van der Waals surface area contributed by atoms with E-state index in [0.29, 0.717) is 24.8 Å². The normalized spacial score (nSPS) is 24.1. The van der Waals surface area contributed by atoms with Gasteiger partial charge >= 0.3 is 5.97 Å². The Hall–Kier alpha value is -1.10. The van der Waals surface area contributed by atoms with E-state index in [1.165, 1.54) is 0 Å². The van der Waals surface area contributed by atoms with Crippen molar-refractivity contribution < 1.29 is 14.7 Å².